The van der Waals surface area contributed by atoms with Gasteiger partial charge < -0.3 is 36.0 Å². The van der Waals surface area contributed by atoms with Crippen LogP contribution in [0.4, 0.5) is 5.95 Å². The van der Waals surface area contributed by atoms with Crippen molar-refractivity contribution in [1.29, 1.82) is 0 Å². The minimum absolute atomic E-state index is 0.0526. The highest BCUT2D eigenvalue weighted by Gasteiger charge is 2.46. The van der Waals surface area contributed by atoms with Gasteiger partial charge in [-0.3, -0.25) is 28.2 Å². The van der Waals surface area contributed by atoms with Crippen molar-refractivity contribution in [3.05, 3.63) is 16.7 Å². The fraction of sp³-hybridized carbons (Fsp3) is 0.739. The predicted octanol–water partition coefficient (Wildman–Crippen LogP) is 0.276. The zero-order valence-corrected chi connectivity index (χ0v) is 26.4. The van der Waals surface area contributed by atoms with E-state index in [1.54, 1.807) is 0 Å². The number of nitrogens with two attached hydrogens (primary N) is 2. The first-order valence-corrected chi connectivity index (χ1v) is 17.1. The van der Waals surface area contributed by atoms with Gasteiger partial charge >= 0.3 is 21.5 Å². The van der Waals surface area contributed by atoms with E-state index in [0.29, 0.717) is 0 Å². The molecule has 2 aromatic rings. The number of imidazole rings is 1. The molecular formula is C23H41N7O12P2. The van der Waals surface area contributed by atoms with Gasteiger partial charge in [-0.05, 0) is 25.7 Å². The van der Waals surface area contributed by atoms with Gasteiger partial charge in [-0.2, -0.15) is 9.29 Å². The molecule has 19 nitrogen and oxygen atoms in total. The lowest BCUT2D eigenvalue weighted by Crippen LogP contribution is -2.35. The van der Waals surface area contributed by atoms with Crippen LogP contribution in [-0.2, 0) is 36.8 Å². The molecule has 0 radical (unpaired) electrons. The second-order valence-electron chi connectivity index (χ2n) is 10.2. The van der Waals surface area contributed by atoms with Crippen LogP contribution >= 0.6 is 15.6 Å². The molecular weight excluding hydrogens is 628 g/mol. The maximum Gasteiger partial charge on any atom is 0.480 e. The molecule has 1 aliphatic rings. The Labute approximate surface area is 252 Å². The number of aromatic amines is 1. The summed E-state index contributed by atoms with van der Waals surface area (Å²) in [7, 11) is -9.93. The topological polar surface area (TPSA) is 286 Å². The number of nitrogen functional groups attached to an aromatic ring is 1. The summed E-state index contributed by atoms with van der Waals surface area (Å²) in [5, 5.41) is 23.4. The molecule has 0 aliphatic carbocycles. The molecule has 1 fully saturated rings. The van der Waals surface area contributed by atoms with Crippen molar-refractivity contribution in [3.63, 3.8) is 0 Å². The number of rotatable bonds is 18. The number of nitrogens with zero attached hydrogens (tertiary/aromatic N) is 3. The Hall–Kier alpha value is -2.28. The van der Waals surface area contributed by atoms with Crippen molar-refractivity contribution < 1.29 is 51.9 Å². The van der Waals surface area contributed by atoms with Crippen LogP contribution in [0.5, 0.6) is 0 Å². The molecule has 0 aromatic carbocycles. The third-order valence-corrected chi connectivity index (χ3v) is 10.0. The van der Waals surface area contributed by atoms with Crippen LogP contribution in [0, 0.1) is 5.92 Å². The third kappa shape index (κ3) is 9.37. The van der Waals surface area contributed by atoms with Crippen molar-refractivity contribution in [2.75, 3.05) is 32.1 Å². The van der Waals surface area contributed by atoms with Crippen molar-refractivity contribution in [2.45, 2.75) is 77.0 Å². The van der Waals surface area contributed by atoms with Gasteiger partial charge in [0.25, 0.3) is 5.56 Å². The van der Waals surface area contributed by atoms with Gasteiger partial charge in [-0.1, -0.05) is 26.7 Å². The molecule has 3 heterocycles. The lowest BCUT2D eigenvalue weighted by atomic mass is 9.99. The minimum Gasteiger partial charge on any atom is -0.464 e. The third-order valence-electron chi connectivity index (χ3n) is 6.61. The first-order valence-electron chi connectivity index (χ1n) is 14.1. The number of phosphoric ester groups is 1. The molecule has 0 spiro atoms. The number of hydrogen-bond donors (Lipinski definition) is 7. The van der Waals surface area contributed by atoms with Gasteiger partial charge in [0.2, 0.25) is 5.95 Å². The van der Waals surface area contributed by atoms with Crippen molar-refractivity contribution in [2.24, 2.45) is 11.7 Å². The fourth-order valence-corrected chi connectivity index (χ4v) is 7.54. The van der Waals surface area contributed by atoms with Crippen LogP contribution in [0.2, 0.25) is 0 Å². The molecule has 44 heavy (non-hydrogen) atoms. The lowest BCUT2D eigenvalue weighted by Gasteiger charge is -2.25. The average molecular weight is 670 g/mol. The van der Waals surface area contributed by atoms with E-state index in [4.69, 9.17) is 34.3 Å². The summed E-state index contributed by atoms with van der Waals surface area (Å²) in [6, 6.07) is -1.28. The van der Waals surface area contributed by atoms with Crippen molar-refractivity contribution in [1.82, 2.24) is 24.6 Å². The Balaban J connectivity index is 1.64. The van der Waals surface area contributed by atoms with Crippen molar-refractivity contribution in [3.8, 4) is 0 Å². The second-order valence-corrected chi connectivity index (χ2v) is 13.6. The van der Waals surface area contributed by atoms with Crippen LogP contribution in [-0.4, -0.2) is 91.3 Å². The highest BCUT2D eigenvalue weighted by Crippen LogP contribution is 2.61. The quantitative estimate of drug-likeness (QED) is 0.0828. The van der Waals surface area contributed by atoms with Gasteiger partial charge in [0, 0.05) is 6.54 Å². The standard InChI is InChI=1S/C23H41N7O12P2/c1-4-6-14(7-5-2)10-38-22(34)13(3)29-43(35,39-9-8-24)42-44(36,37)40-11-15-17(31)18(32)21(41-15)30-12-26-16-19(30)27-23(25)28-20(16)33/h12-15,17-18,21,31-32H,4-11,24H2,1-3H3,(H,29,35)(H,36,37)(H3,25,27,28,33)/t13?,15-,17+,18-,21-,43?/m1/s1. The molecule has 0 amide bonds. The number of H-pyrrole nitrogens is 1. The summed E-state index contributed by atoms with van der Waals surface area (Å²) in [6.45, 7) is 4.14. The van der Waals surface area contributed by atoms with Gasteiger partial charge in [-0.15, -0.1) is 0 Å². The van der Waals surface area contributed by atoms with Crippen LogP contribution in [0.25, 0.3) is 11.2 Å². The number of hydrogen-bond acceptors (Lipinski definition) is 15. The summed E-state index contributed by atoms with van der Waals surface area (Å²) in [5.41, 5.74) is 10.2. The first-order chi connectivity index (χ1) is 20.7. The molecule has 3 unspecified atom stereocenters. The number of anilines is 1. The smallest absolute Gasteiger partial charge is 0.464 e. The van der Waals surface area contributed by atoms with E-state index in [1.165, 1.54) is 6.92 Å². The van der Waals surface area contributed by atoms with Crippen LogP contribution in [0.1, 0.15) is 52.7 Å². The van der Waals surface area contributed by atoms with E-state index in [-0.39, 0.29) is 42.8 Å². The average Bonchev–Trinajstić information content (AvgIpc) is 3.49. The molecule has 21 heteroatoms. The van der Waals surface area contributed by atoms with E-state index in [0.717, 1.165) is 36.6 Å². The van der Waals surface area contributed by atoms with Crippen LogP contribution in [0.15, 0.2) is 11.1 Å². The number of aliphatic hydroxyl groups excluding tert-OH is 2. The SMILES string of the molecule is CCCC(CCC)COC(=O)C(C)NP(=O)(OCCN)OP(=O)(O)OC[C@H]1O[C@@H](n2cnc3c(=O)[nH]c(N)nc32)[C@H](O)[C@H]1O. The monoisotopic (exact) mass is 669 g/mol. The Kier molecular flexibility index (Phi) is 13.0. The van der Waals surface area contributed by atoms with Gasteiger partial charge in [0.05, 0.1) is 26.1 Å². The Morgan fingerprint density at radius 3 is 2.55 bits per heavy atom. The Bertz CT molecular complexity index is 1400. The molecule has 2 aromatic heterocycles. The van der Waals surface area contributed by atoms with E-state index >= 15 is 0 Å². The maximum atomic E-state index is 13.3. The number of nitrogens with one attached hydrogen (secondary N) is 2. The summed E-state index contributed by atoms with van der Waals surface area (Å²) >= 11 is 0. The van der Waals surface area contributed by atoms with E-state index in [9.17, 15) is 33.8 Å². The summed E-state index contributed by atoms with van der Waals surface area (Å²) in [4.78, 5) is 45.2. The highest BCUT2D eigenvalue weighted by atomic mass is 31.3. The molecule has 0 saturated carbocycles. The first kappa shape index (κ1) is 36.2. The molecule has 9 N–H and O–H groups in total. The number of aliphatic hydroxyl groups is 2. The zero-order valence-electron chi connectivity index (χ0n) is 24.6. The van der Waals surface area contributed by atoms with Crippen LogP contribution in [0.3, 0.4) is 0 Å². The van der Waals surface area contributed by atoms with E-state index in [1.807, 2.05) is 13.8 Å². The highest BCUT2D eigenvalue weighted by molar-refractivity contribution is 7.63. The number of aromatic nitrogens is 4. The lowest BCUT2D eigenvalue weighted by molar-refractivity contribution is -0.146. The number of phosphoric acid groups is 1. The second kappa shape index (κ2) is 15.8. The molecule has 3 rings (SSSR count). The van der Waals surface area contributed by atoms with E-state index in [2.05, 4.69) is 20.0 Å². The number of carbonyl (C=O) groups is 1. The van der Waals surface area contributed by atoms with Gasteiger partial charge in [0.1, 0.15) is 24.4 Å². The zero-order chi connectivity index (χ0) is 32.7. The Morgan fingerprint density at radius 1 is 1.23 bits per heavy atom. The molecule has 7 atom stereocenters. The molecule has 250 valence electrons. The Morgan fingerprint density at radius 2 is 1.91 bits per heavy atom. The number of esters is 1. The number of carbonyl (C=O) groups excluding carboxylic acids is 1. The molecule has 1 saturated heterocycles. The predicted molar refractivity (Wildman–Crippen MR) is 155 cm³/mol. The summed E-state index contributed by atoms with van der Waals surface area (Å²) < 4.78 is 53.1. The van der Waals surface area contributed by atoms with Crippen molar-refractivity contribution >= 4 is 38.7 Å². The molecule has 0 bridgehead atoms. The molecule has 1 aliphatic heterocycles. The maximum absolute atomic E-state index is 13.3. The number of ether oxygens (including phenoxy) is 2. The summed E-state index contributed by atoms with van der Waals surface area (Å²) in [5.74, 6) is -0.867. The fourth-order valence-electron chi connectivity index (χ4n) is 4.55. The minimum atomic E-state index is -5.23. The van der Waals surface area contributed by atoms with Crippen LogP contribution < -0.4 is 22.1 Å². The van der Waals surface area contributed by atoms with Gasteiger partial charge in [0.15, 0.2) is 17.4 Å². The largest absolute Gasteiger partial charge is 0.480 e. The van der Waals surface area contributed by atoms with Gasteiger partial charge in [-0.25, -0.2) is 19.2 Å². The number of fused-ring (bicyclic) bond motifs is 1. The van der Waals surface area contributed by atoms with E-state index < -0.39 is 64.3 Å². The normalized spacial score (nSPS) is 23.9. The summed E-state index contributed by atoms with van der Waals surface area (Å²) in [6.07, 6.45) is -1.37.